The molecule has 0 aromatic heterocycles. The van der Waals surface area contributed by atoms with Crippen molar-refractivity contribution in [3.63, 3.8) is 0 Å². The van der Waals surface area contributed by atoms with Crippen LogP contribution in [-0.2, 0) is 0 Å². The number of urea groups is 1. The molecule has 0 saturated carbocycles. The van der Waals surface area contributed by atoms with E-state index in [-0.39, 0.29) is 6.03 Å². The molecule has 1 aliphatic rings. The summed E-state index contributed by atoms with van der Waals surface area (Å²) < 4.78 is 0. The van der Waals surface area contributed by atoms with E-state index in [1.54, 1.807) is 11.2 Å². The summed E-state index contributed by atoms with van der Waals surface area (Å²) in [5.41, 5.74) is 1.01. The second kappa shape index (κ2) is 7.78. The third-order valence-electron chi connectivity index (χ3n) is 3.50. The Morgan fingerprint density at radius 1 is 1.19 bits per heavy atom. The summed E-state index contributed by atoms with van der Waals surface area (Å²) in [6.07, 6.45) is 3.90. The van der Waals surface area contributed by atoms with E-state index >= 15 is 0 Å². The highest BCUT2D eigenvalue weighted by atomic mass is 16.2. The van der Waals surface area contributed by atoms with Gasteiger partial charge >= 0.3 is 6.03 Å². The highest BCUT2D eigenvalue weighted by Crippen LogP contribution is 2.10. The molecule has 114 valence electrons. The first-order valence-corrected chi connectivity index (χ1v) is 7.47. The number of carbonyl (C=O) groups excluding carboxylic acids is 1. The molecule has 0 unspecified atom stereocenters. The minimum Gasteiger partial charge on any atom is -0.321 e. The van der Waals surface area contributed by atoms with Gasteiger partial charge in [0.05, 0.1) is 12.8 Å². The normalized spacial score (nSPS) is 15.7. The Balaban J connectivity index is 1.77. The van der Waals surface area contributed by atoms with E-state index in [0.29, 0.717) is 6.54 Å². The summed E-state index contributed by atoms with van der Waals surface area (Å²) >= 11 is 0. The van der Waals surface area contributed by atoms with Crippen molar-refractivity contribution < 1.29 is 4.79 Å². The molecule has 1 saturated heterocycles. The highest BCUT2D eigenvalue weighted by molar-refractivity contribution is 5.82. The van der Waals surface area contributed by atoms with Crippen molar-refractivity contribution in [3.8, 4) is 0 Å². The Morgan fingerprint density at radius 2 is 1.95 bits per heavy atom. The van der Waals surface area contributed by atoms with Gasteiger partial charge in [-0.2, -0.15) is 5.10 Å². The third kappa shape index (κ3) is 4.86. The molecule has 1 heterocycles. The fourth-order valence-electron chi connectivity index (χ4n) is 2.29. The summed E-state index contributed by atoms with van der Waals surface area (Å²) in [4.78, 5) is 16.2. The van der Waals surface area contributed by atoms with Crippen LogP contribution in [0.5, 0.6) is 0 Å². The van der Waals surface area contributed by atoms with Gasteiger partial charge in [-0.15, -0.1) is 0 Å². The van der Waals surface area contributed by atoms with Crippen molar-refractivity contribution >= 4 is 12.2 Å². The maximum Gasteiger partial charge on any atom is 0.340 e. The Morgan fingerprint density at radius 3 is 2.67 bits per heavy atom. The Labute approximate surface area is 126 Å². The topological polar surface area (TPSA) is 39.1 Å². The number of amides is 2. The Hall–Kier alpha value is -1.88. The quantitative estimate of drug-likeness (QED) is 0.569. The number of rotatable bonds is 7. The van der Waals surface area contributed by atoms with Crippen LogP contribution in [0.4, 0.5) is 4.79 Å². The lowest BCUT2D eigenvalue weighted by Crippen LogP contribution is -2.30. The molecule has 1 aliphatic heterocycles. The van der Waals surface area contributed by atoms with Crippen LogP contribution < -0.4 is 0 Å². The molecule has 0 bridgehead atoms. The molecular weight excluding hydrogens is 264 g/mol. The van der Waals surface area contributed by atoms with Gasteiger partial charge in [-0.1, -0.05) is 30.3 Å². The second-order valence-electron chi connectivity index (χ2n) is 5.56. The summed E-state index contributed by atoms with van der Waals surface area (Å²) in [6.45, 7) is 3.34. The standard InChI is InChI=1S/C16H24N4O/c1-18(2)10-6-7-11-19-12-13-20(16(19)21)17-14-15-8-4-3-5-9-15/h3-5,8-9,14H,6-7,10-13H2,1-2H3/b17-14+. The van der Waals surface area contributed by atoms with E-state index in [2.05, 4.69) is 24.1 Å². The van der Waals surface area contributed by atoms with Crippen molar-refractivity contribution in [2.75, 3.05) is 40.3 Å². The van der Waals surface area contributed by atoms with Gasteiger partial charge in [0.25, 0.3) is 0 Å². The number of nitrogens with zero attached hydrogens (tertiary/aromatic N) is 4. The van der Waals surface area contributed by atoms with Gasteiger partial charge in [0, 0.05) is 13.1 Å². The fraction of sp³-hybridized carbons (Fsp3) is 0.500. The second-order valence-corrected chi connectivity index (χ2v) is 5.56. The monoisotopic (exact) mass is 288 g/mol. The van der Waals surface area contributed by atoms with E-state index in [1.165, 1.54) is 0 Å². The first kappa shape index (κ1) is 15.5. The Kier molecular flexibility index (Phi) is 5.75. The van der Waals surface area contributed by atoms with Crippen molar-refractivity contribution in [2.24, 2.45) is 5.10 Å². The fourth-order valence-corrected chi connectivity index (χ4v) is 2.29. The molecular formula is C16H24N4O. The van der Waals surface area contributed by atoms with E-state index in [0.717, 1.165) is 38.0 Å². The average molecular weight is 288 g/mol. The molecule has 1 aromatic rings. The highest BCUT2D eigenvalue weighted by Gasteiger charge is 2.27. The van der Waals surface area contributed by atoms with Gasteiger partial charge in [-0.3, -0.25) is 0 Å². The first-order valence-electron chi connectivity index (χ1n) is 7.47. The van der Waals surface area contributed by atoms with E-state index in [1.807, 2.05) is 35.2 Å². The van der Waals surface area contributed by atoms with Crippen molar-refractivity contribution in [1.29, 1.82) is 0 Å². The smallest absolute Gasteiger partial charge is 0.321 e. The van der Waals surface area contributed by atoms with Crippen molar-refractivity contribution in [3.05, 3.63) is 35.9 Å². The minimum absolute atomic E-state index is 0.0204. The molecule has 2 rings (SSSR count). The van der Waals surface area contributed by atoms with Crippen LogP contribution in [-0.4, -0.2) is 67.3 Å². The van der Waals surface area contributed by atoms with Crippen LogP contribution in [0.25, 0.3) is 0 Å². The summed E-state index contributed by atoms with van der Waals surface area (Å²) in [5.74, 6) is 0. The van der Waals surface area contributed by atoms with Crippen LogP contribution in [0.15, 0.2) is 35.4 Å². The molecule has 2 amide bonds. The zero-order valence-corrected chi connectivity index (χ0v) is 12.9. The molecule has 0 N–H and O–H groups in total. The molecule has 5 nitrogen and oxygen atoms in total. The average Bonchev–Trinajstić information content (AvgIpc) is 2.83. The third-order valence-corrected chi connectivity index (χ3v) is 3.50. The molecule has 21 heavy (non-hydrogen) atoms. The molecule has 1 fully saturated rings. The zero-order chi connectivity index (χ0) is 15.1. The van der Waals surface area contributed by atoms with Crippen molar-refractivity contribution in [1.82, 2.24) is 14.8 Å². The largest absolute Gasteiger partial charge is 0.340 e. The number of unbranched alkanes of at least 4 members (excludes halogenated alkanes) is 1. The number of hydrazone groups is 1. The molecule has 0 radical (unpaired) electrons. The van der Waals surface area contributed by atoms with Crippen LogP contribution in [0.3, 0.4) is 0 Å². The minimum atomic E-state index is 0.0204. The van der Waals surface area contributed by atoms with Gasteiger partial charge in [-0.25, -0.2) is 9.80 Å². The maximum atomic E-state index is 12.2. The van der Waals surface area contributed by atoms with E-state index in [4.69, 9.17) is 0 Å². The van der Waals surface area contributed by atoms with Crippen LogP contribution in [0.1, 0.15) is 18.4 Å². The van der Waals surface area contributed by atoms with Gasteiger partial charge < -0.3 is 9.80 Å². The predicted molar refractivity (Wildman–Crippen MR) is 85.5 cm³/mol. The van der Waals surface area contributed by atoms with E-state index < -0.39 is 0 Å². The predicted octanol–water partition coefficient (Wildman–Crippen LogP) is 2.10. The van der Waals surface area contributed by atoms with Crippen molar-refractivity contribution in [2.45, 2.75) is 12.8 Å². The molecule has 0 aliphatic carbocycles. The lowest BCUT2D eigenvalue weighted by atomic mass is 10.2. The molecule has 0 atom stereocenters. The van der Waals surface area contributed by atoms with Gasteiger partial charge in [0.1, 0.15) is 0 Å². The number of benzene rings is 1. The zero-order valence-electron chi connectivity index (χ0n) is 12.9. The molecule has 0 spiro atoms. The van der Waals surface area contributed by atoms with Crippen LogP contribution >= 0.6 is 0 Å². The first-order chi connectivity index (χ1) is 10.2. The lowest BCUT2D eigenvalue weighted by Gasteiger charge is -2.16. The summed E-state index contributed by atoms with van der Waals surface area (Å²) in [6, 6.07) is 9.86. The van der Waals surface area contributed by atoms with Gasteiger partial charge in [0.2, 0.25) is 0 Å². The SMILES string of the molecule is CN(C)CCCCN1CCN(/N=C/c2ccccc2)C1=O. The summed E-state index contributed by atoms with van der Waals surface area (Å²) in [7, 11) is 4.14. The summed E-state index contributed by atoms with van der Waals surface area (Å²) in [5, 5.41) is 5.84. The Bertz CT molecular complexity index is 472. The molecule has 5 heteroatoms. The van der Waals surface area contributed by atoms with Gasteiger partial charge in [0.15, 0.2) is 0 Å². The number of carbonyl (C=O) groups is 1. The van der Waals surface area contributed by atoms with Crippen LogP contribution in [0, 0.1) is 0 Å². The van der Waals surface area contributed by atoms with E-state index in [9.17, 15) is 4.79 Å². The van der Waals surface area contributed by atoms with Crippen LogP contribution in [0.2, 0.25) is 0 Å². The maximum absolute atomic E-state index is 12.2. The van der Waals surface area contributed by atoms with Gasteiger partial charge in [-0.05, 0) is 39.0 Å². The lowest BCUT2D eigenvalue weighted by molar-refractivity contribution is 0.192. The molecule has 1 aromatic carbocycles. The number of hydrogen-bond donors (Lipinski definition) is 0. The number of hydrogen-bond acceptors (Lipinski definition) is 3.